The van der Waals surface area contributed by atoms with Crippen molar-refractivity contribution in [2.24, 2.45) is 5.41 Å². The fourth-order valence-electron chi connectivity index (χ4n) is 4.00. The molecule has 2 nitrogen and oxygen atoms in total. The average Bonchev–Trinajstić information content (AvgIpc) is 3.22. The molecule has 0 radical (unpaired) electrons. The van der Waals surface area contributed by atoms with E-state index in [0.717, 1.165) is 27.5 Å². The SMILES string of the molecule is [2H]C([2H])([2H])c1cnc(-c2ccc(-c3ccccc3)c3c2oc2ccccc23)cc1C([2H])([2H])C(C)(C)C. The lowest BCUT2D eigenvalue weighted by Crippen LogP contribution is -2.10. The first-order valence-electron chi connectivity index (χ1n) is 12.9. The van der Waals surface area contributed by atoms with Gasteiger partial charge in [0.05, 0.1) is 5.69 Å². The van der Waals surface area contributed by atoms with Crippen molar-refractivity contribution in [1.82, 2.24) is 4.98 Å². The standard InChI is InChI=1S/C29H27NO/c1-19-18-30-25(16-21(19)17-29(2,3)4)23-15-14-22(20-10-6-5-7-11-20)27-24-12-8-9-13-26(24)31-28(23)27/h5-16,18H,17H2,1-4H3/i1D3,17D2. The number of benzene rings is 3. The molecule has 0 aliphatic heterocycles. The summed E-state index contributed by atoms with van der Waals surface area (Å²) in [5, 5.41) is 1.91. The van der Waals surface area contributed by atoms with Gasteiger partial charge in [0.2, 0.25) is 0 Å². The van der Waals surface area contributed by atoms with Crippen LogP contribution in [0.3, 0.4) is 0 Å². The summed E-state index contributed by atoms with van der Waals surface area (Å²) in [6, 6.07) is 23.4. The number of hydrogen-bond donors (Lipinski definition) is 0. The maximum atomic E-state index is 8.86. The van der Waals surface area contributed by atoms with Gasteiger partial charge in [0.1, 0.15) is 11.2 Å². The van der Waals surface area contributed by atoms with E-state index in [1.165, 1.54) is 6.20 Å². The first-order chi connectivity index (χ1) is 16.9. The summed E-state index contributed by atoms with van der Waals surface area (Å²) in [6.07, 6.45) is -0.619. The van der Waals surface area contributed by atoms with Crippen LogP contribution in [0.1, 0.15) is 38.8 Å². The second-order valence-electron chi connectivity index (χ2n) is 8.82. The highest BCUT2D eigenvalue weighted by molar-refractivity contribution is 6.16. The summed E-state index contributed by atoms with van der Waals surface area (Å²) in [5.41, 5.74) is 3.80. The Morgan fingerprint density at radius 2 is 1.68 bits per heavy atom. The Morgan fingerprint density at radius 3 is 2.45 bits per heavy atom. The van der Waals surface area contributed by atoms with Gasteiger partial charge in [-0.3, -0.25) is 4.98 Å². The average molecular weight is 411 g/mol. The van der Waals surface area contributed by atoms with Crippen molar-refractivity contribution in [3.63, 3.8) is 0 Å². The molecule has 0 saturated carbocycles. The van der Waals surface area contributed by atoms with E-state index in [9.17, 15) is 0 Å². The third kappa shape index (κ3) is 3.63. The Hall–Kier alpha value is -3.39. The molecule has 0 amide bonds. The van der Waals surface area contributed by atoms with E-state index < -0.39 is 18.6 Å². The van der Waals surface area contributed by atoms with Crippen LogP contribution in [0.25, 0.3) is 44.3 Å². The maximum absolute atomic E-state index is 8.86. The minimum Gasteiger partial charge on any atom is -0.455 e. The molecule has 154 valence electrons. The monoisotopic (exact) mass is 410 g/mol. The molecular formula is C29H27NO. The summed E-state index contributed by atoms with van der Waals surface area (Å²) in [5.74, 6) is 0. The highest BCUT2D eigenvalue weighted by Crippen LogP contribution is 2.41. The highest BCUT2D eigenvalue weighted by atomic mass is 16.3. The zero-order valence-electron chi connectivity index (χ0n) is 22.9. The van der Waals surface area contributed by atoms with Gasteiger partial charge in [-0.1, -0.05) is 75.4 Å². The molecular weight excluding hydrogens is 378 g/mol. The van der Waals surface area contributed by atoms with Crippen LogP contribution in [0.5, 0.6) is 0 Å². The molecule has 0 spiro atoms. The Morgan fingerprint density at radius 1 is 0.935 bits per heavy atom. The molecule has 0 unspecified atom stereocenters. The Kier molecular flexibility index (Phi) is 3.48. The summed E-state index contributed by atoms with van der Waals surface area (Å²) < 4.78 is 48.1. The van der Waals surface area contributed by atoms with Gasteiger partial charge in [0, 0.05) is 29.4 Å². The van der Waals surface area contributed by atoms with E-state index in [1.54, 1.807) is 26.8 Å². The number of fused-ring (bicyclic) bond motifs is 3. The fraction of sp³-hybridized carbons (Fsp3) is 0.207. The number of aryl methyl sites for hydroxylation is 1. The quantitative estimate of drug-likeness (QED) is 0.299. The predicted molar refractivity (Wildman–Crippen MR) is 130 cm³/mol. The summed E-state index contributed by atoms with van der Waals surface area (Å²) in [6.45, 7) is 2.80. The minimum absolute atomic E-state index is 0.0760. The van der Waals surface area contributed by atoms with Gasteiger partial charge in [0.25, 0.3) is 0 Å². The normalized spacial score (nSPS) is 15.3. The minimum atomic E-state index is -2.49. The molecule has 5 rings (SSSR count). The van der Waals surface area contributed by atoms with Crippen molar-refractivity contribution in [2.45, 2.75) is 34.0 Å². The third-order valence-electron chi connectivity index (χ3n) is 5.30. The lowest BCUT2D eigenvalue weighted by molar-refractivity contribution is 0.410. The molecule has 31 heavy (non-hydrogen) atoms. The molecule has 0 bridgehead atoms. The van der Waals surface area contributed by atoms with Crippen molar-refractivity contribution in [3.05, 3.63) is 90.1 Å². The van der Waals surface area contributed by atoms with Gasteiger partial charge in [0.15, 0.2) is 0 Å². The van der Waals surface area contributed by atoms with E-state index in [1.807, 2.05) is 54.6 Å². The zero-order chi connectivity index (χ0) is 25.9. The van der Waals surface area contributed by atoms with Crippen molar-refractivity contribution in [2.75, 3.05) is 0 Å². The van der Waals surface area contributed by atoms with Crippen LogP contribution in [-0.2, 0) is 6.37 Å². The fourth-order valence-corrected chi connectivity index (χ4v) is 4.00. The van der Waals surface area contributed by atoms with Gasteiger partial charge >= 0.3 is 0 Å². The Bertz CT molecular complexity index is 1580. The third-order valence-corrected chi connectivity index (χ3v) is 5.30. The first-order valence-corrected chi connectivity index (χ1v) is 10.4. The molecule has 3 aromatic carbocycles. The van der Waals surface area contributed by atoms with E-state index in [2.05, 4.69) is 17.1 Å². The summed E-state index contributed by atoms with van der Waals surface area (Å²) in [4.78, 5) is 4.51. The summed E-state index contributed by atoms with van der Waals surface area (Å²) >= 11 is 0. The molecule has 0 aliphatic carbocycles. The largest absolute Gasteiger partial charge is 0.455 e. The molecule has 0 fully saturated rings. The highest BCUT2D eigenvalue weighted by Gasteiger charge is 2.19. The van der Waals surface area contributed by atoms with Crippen LogP contribution in [0.2, 0.25) is 0 Å². The van der Waals surface area contributed by atoms with E-state index in [0.29, 0.717) is 16.8 Å². The maximum Gasteiger partial charge on any atom is 0.145 e. The lowest BCUT2D eigenvalue weighted by Gasteiger charge is -2.20. The van der Waals surface area contributed by atoms with Crippen molar-refractivity contribution in [1.29, 1.82) is 0 Å². The first kappa shape index (κ1) is 14.6. The Balaban J connectivity index is 1.82. The number of aromatic nitrogens is 1. The summed E-state index contributed by atoms with van der Waals surface area (Å²) in [7, 11) is 0. The van der Waals surface area contributed by atoms with Crippen LogP contribution in [0, 0.1) is 12.3 Å². The van der Waals surface area contributed by atoms with Gasteiger partial charge in [-0.05, 0) is 59.1 Å². The topological polar surface area (TPSA) is 26.0 Å². The number of para-hydroxylation sites is 1. The number of pyridine rings is 1. The molecule has 0 aliphatic rings. The van der Waals surface area contributed by atoms with Crippen LogP contribution in [0.4, 0.5) is 0 Å². The number of rotatable bonds is 3. The zero-order valence-corrected chi connectivity index (χ0v) is 17.9. The van der Waals surface area contributed by atoms with E-state index in [-0.39, 0.29) is 11.1 Å². The van der Waals surface area contributed by atoms with E-state index >= 15 is 0 Å². The second kappa shape index (κ2) is 7.39. The second-order valence-corrected chi connectivity index (χ2v) is 8.82. The van der Waals surface area contributed by atoms with E-state index in [4.69, 9.17) is 11.3 Å². The molecule has 5 aromatic rings. The smallest absolute Gasteiger partial charge is 0.145 e. The van der Waals surface area contributed by atoms with Crippen molar-refractivity contribution < 1.29 is 11.3 Å². The predicted octanol–water partition coefficient (Wildman–Crippen LogP) is 8.21. The van der Waals surface area contributed by atoms with Gasteiger partial charge in [-0.2, -0.15) is 0 Å². The molecule has 0 N–H and O–H groups in total. The number of hydrogen-bond acceptors (Lipinski definition) is 2. The molecule has 2 heterocycles. The Labute approximate surface area is 190 Å². The molecule has 0 atom stereocenters. The van der Waals surface area contributed by atoms with Crippen LogP contribution in [0.15, 0.2) is 83.4 Å². The lowest BCUT2D eigenvalue weighted by atomic mass is 9.86. The van der Waals surface area contributed by atoms with Crippen molar-refractivity contribution in [3.8, 4) is 22.4 Å². The number of nitrogens with zero attached hydrogens (tertiary/aromatic N) is 1. The van der Waals surface area contributed by atoms with Gasteiger partial charge < -0.3 is 4.42 Å². The molecule has 2 heteroatoms. The number of furan rings is 1. The molecule has 2 aromatic heterocycles. The van der Waals surface area contributed by atoms with Crippen LogP contribution >= 0.6 is 0 Å². The van der Waals surface area contributed by atoms with Gasteiger partial charge in [-0.15, -0.1) is 0 Å². The van der Waals surface area contributed by atoms with Gasteiger partial charge in [-0.25, -0.2) is 0 Å². The van der Waals surface area contributed by atoms with Crippen molar-refractivity contribution >= 4 is 21.9 Å². The van der Waals surface area contributed by atoms with Crippen LogP contribution in [-0.4, -0.2) is 4.98 Å². The van der Waals surface area contributed by atoms with Crippen LogP contribution < -0.4 is 0 Å². The molecule has 0 saturated heterocycles.